The van der Waals surface area contributed by atoms with E-state index in [1.54, 1.807) is 20.7 Å². The van der Waals surface area contributed by atoms with Gasteiger partial charge in [-0.1, -0.05) is 69.3 Å². The molecule has 0 nitrogen and oxygen atoms in total. The molecule has 0 amide bonds. The van der Waals surface area contributed by atoms with Crippen LogP contribution in [0.2, 0.25) is 0 Å². The van der Waals surface area contributed by atoms with Crippen LogP contribution < -0.4 is 0 Å². The van der Waals surface area contributed by atoms with Crippen molar-refractivity contribution in [3.05, 3.63) is 51.7 Å². The second kappa shape index (κ2) is 4.09. The van der Waals surface area contributed by atoms with E-state index in [2.05, 4.69) is 47.8 Å². The number of hydrogen-bond donors (Lipinski definition) is 0. The van der Waals surface area contributed by atoms with Crippen LogP contribution in [0.1, 0.15) is 0 Å². The largest absolute Gasteiger partial charge is 0.109 e. The number of fused-ring (bicyclic) bond motifs is 1. The second-order valence-corrected chi connectivity index (χ2v) is 6.31. The van der Waals surface area contributed by atoms with Crippen molar-refractivity contribution >= 4 is 43.7 Å². The first kappa shape index (κ1) is 10.1. The highest BCUT2D eigenvalue weighted by Crippen LogP contribution is 2.30. The summed E-state index contributed by atoms with van der Waals surface area (Å²) in [4.78, 5) is 0. The van der Waals surface area contributed by atoms with Crippen LogP contribution >= 0.6 is 32.9 Å². The van der Waals surface area contributed by atoms with Crippen LogP contribution in [0.5, 0.6) is 0 Å². The fraction of sp³-hybridized carbons (Fsp3) is 0. The zero-order valence-corrected chi connectivity index (χ0v) is 10.8. The fourth-order valence-corrected chi connectivity index (χ4v) is 4.15. The van der Waals surface area contributed by atoms with Gasteiger partial charge in [0.05, 0.1) is 0 Å². The van der Waals surface area contributed by atoms with Crippen molar-refractivity contribution in [1.29, 1.82) is 0 Å². The van der Waals surface area contributed by atoms with Gasteiger partial charge in [0.25, 0.3) is 0 Å². The van der Waals surface area contributed by atoms with Gasteiger partial charge in [-0.15, -0.1) is 0 Å². The minimum atomic E-state index is 0.986. The molecule has 0 fully saturated rings. The molecule has 0 saturated heterocycles. The first-order valence-corrected chi connectivity index (χ1v) is 7.54. The predicted molar refractivity (Wildman–Crippen MR) is 76.0 cm³/mol. The van der Waals surface area contributed by atoms with E-state index < -0.39 is 0 Å². The number of hydrogen-bond acceptors (Lipinski definition) is 3. The Bertz CT molecular complexity index is 691. The highest BCUT2D eigenvalue weighted by atomic mass is 32.9. The Labute approximate surface area is 106 Å². The third kappa shape index (κ3) is 1.71. The van der Waals surface area contributed by atoms with Crippen LogP contribution in [-0.4, -0.2) is 0 Å². The van der Waals surface area contributed by atoms with Crippen LogP contribution in [0, 0.1) is 3.82 Å². The van der Waals surface area contributed by atoms with Gasteiger partial charge in [-0.25, -0.2) is 0 Å². The summed E-state index contributed by atoms with van der Waals surface area (Å²) in [6, 6.07) is 14.9. The van der Waals surface area contributed by atoms with Crippen LogP contribution in [0.4, 0.5) is 0 Å². The lowest BCUT2D eigenvalue weighted by Gasteiger charge is -2.01. The average molecular weight is 260 g/mol. The zero-order chi connectivity index (χ0) is 11.0. The second-order valence-electron chi connectivity index (χ2n) is 3.56. The molecule has 0 N–H and O–H groups in total. The van der Waals surface area contributed by atoms with Crippen molar-refractivity contribution in [1.82, 2.24) is 0 Å². The molecule has 0 spiro atoms. The van der Waals surface area contributed by atoms with Crippen LogP contribution in [-0.2, 0) is 0 Å². The quantitative estimate of drug-likeness (QED) is 0.419. The van der Waals surface area contributed by atoms with Crippen LogP contribution in [0.3, 0.4) is 0 Å². The molecular weight excluding hydrogens is 252 g/mol. The molecule has 0 unspecified atom stereocenters. The summed E-state index contributed by atoms with van der Waals surface area (Å²) in [6.45, 7) is 0. The molecule has 0 aliphatic rings. The van der Waals surface area contributed by atoms with E-state index in [0.717, 1.165) is 3.82 Å². The third-order valence-electron chi connectivity index (χ3n) is 2.57. The summed E-state index contributed by atoms with van der Waals surface area (Å²) in [5.41, 5.74) is 2.41. The van der Waals surface area contributed by atoms with E-state index in [0.29, 0.717) is 0 Å². The lowest BCUT2D eigenvalue weighted by atomic mass is 10.0. The van der Waals surface area contributed by atoms with E-state index in [-0.39, 0.29) is 0 Å². The maximum absolute atomic E-state index is 5.32. The molecule has 0 aliphatic carbocycles. The van der Waals surface area contributed by atoms with Crippen molar-refractivity contribution in [3.8, 4) is 11.1 Å². The van der Waals surface area contributed by atoms with Gasteiger partial charge in [0.15, 0.2) is 0 Å². The molecule has 1 heterocycles. The molecule has 2 aromatic carbocycles. The summed E-state index contributed by atoms with van der Waals surface area (Å²) in [6.07, 6.45) is 0. The van der Waals surface area contributed by atoms with Gasteiger partial charge in [-0.05, 0) is 22.4 Å². The van der Waals surface area contributed by atoms with Gasteiger partial charge < -0.3 is 0 Å². The van der Waals surface area contributed by atoms with Gasteiger partial charge in [0.2, 0.25) is 0 Å². The maximum Gasteiger partial charge on any atom is 0.109 e. The molecule has 0 atom stereocenters. The molecule has 78 valence electrons. The van der Waals surface area contributed by atoms with Crippen molar-refractivity contribution in [2.24, 2.45) is 0 Å². The predicted octanol–water partition coefficient (Wildman–Crippen LogP) is 5.36. The molecule has 0 saturated carbocycles. The lowest BCUT2D eigenvalue weighted by molar-refractivity contribution is 1.72. The Morgan fingerprint density at radius 1 is 0.938 bits per heavy atom. The number of rotatable bonds is 1. The third-order valence-corrected chi connectivity index (χ3v) is 5.23. The Morgan fingerprint density at radius 2 is 1.75 bits per heavy atom. The molecule has 3 aromatic rings. The molecule has 0 bridgehead atoms. The Kier molecular flexibility index (Phi) is 2.59. The Balaban J connectivity index is 2.27. The van der Waals surface area contributed by atoms with Gasteiger partial charge >= 0.3 is 0 Å². The summed E-state index contributed by atoms with van der Waals surface area (Å²) in [7, 11) is 3.37. The first-order chi connectivity index (χ1) is 7.84. The van der Waals surface area contributed by atoms with Crippen LogP contribution in [0.15, 0.2) is 47.8 Å². The topological polar surface area (TPSA) is 0 Å². The first-order valence-electron chi connectivity index (χ1n) is 4.91. The molecular formula is C13H8S3. The van der Waals surface area contributed by atoms with Gasteiger partial charge in [-0.3, -0.25) is 0 Å². The SMILES string of the molecule is S=c1sscc1-c1ccc2ccccc2c1. The molecule has 0 aliphatic heterocycles. The average Bonchev–Trinajstić information content (AvgIpc) is 2.75. The van der Waals surface area contributed by atoms with Crippen LogP contribution in [0.25, 0.3) is 21.9 Å². The number of benzene rings is 2. The van der Waals surface area contributed by atoms with Crippen molar-refractivity contribution < 1.29 is 0 Å². The molecule has 16 heavy (non-hydrogen) atoms. The standard InChI is InChI=1S/C13H8S3/c14-13-12(8-15-16-13)11-6-5-9-3-1-2-4-10(9)7-11/h1-8H. The zero-order valence-electron chi connectivity index (χ0n) is 8.34. The highest BCUT2D eigenvalue weighted by Gasteiger charge is 2.02. The molecule has 1 aromatic heterocycles. The summed E-state index contributed by atoms with van der Waals surface area (Å²) < 4.78 is 0.986. The minimum absolute atomic E-state index is 0.986. The normalized spacial score (nSPS) is 10.8. The molecule has 3 rings (SSSR count). The van der Waals surface area contributed by atoms with E-state index in [1.807, 2.05) is 0 Å². The van der Waals surface area contributed by atoms with E-state index in [4.69, 9.17) is 12.2 Å². The van der Waals surface area contributed by atoms with Crippen molar-refractivity contribution in [2.45, 2.75) is 0 Å². The van der Waals surface area contributed by atoms with Gasteiger partial charge in [-0.2, -0.15) is 0 Å². The molecule has 0 radical (unpaired) electrons. The van der Waals surface area contributed by atoms with E-state index >= 15 is 0 Å². The molecule has 3 heteroatoms. The summed E-state index contributed by atoms with van der Waals surface area (Å²) >= 11 is 5.32. The summed E-state index contributed by atoms with van der Waals surface area (Å²) in [5, 5.41) is 4.68. The lowest BCUT2D eigenvalue weighted by Crippen LogP contribution is -1.76. The van der Waals surface area contributed by atoms with E-state index in [1.165, 1.54) is 21.9 Å². The monoisotopic (exact) mass is 260 g/mol. The Hall–Kier alpha value is -1.03. The van der Waals surface area contributed by atoms with Crippen molar-refractivity contribution in [2.75, 3.05) is 0 Å². The van der Waals surface area contributed by atoms with Gasteiger partial charge in [0.1, 0.15) is 3.82 Å². The highest BCUT2D eigenvalue weighted by molar-refractivity contribution is 7.79. The fourth-order valence-electron chi connectivity index (χ4n) is 1.75. The summed E-state index contributed by atoms with van der Waals surface area (Å²) in [5.74, 6) is 0. The maximum atomic E-state index is 5.32. The Morgan fingerprint density at radius 3 is 2.50 bits per heavy atom. The van der Waals surface area contributed by atoms with Crippen molar-refractivity contribution in [3.63, 3.8) is 0 Å². The minimum Gasteiger partial charge on any atom is -0.0865 e. The van der Waals surface area contributed by atoms with Gasteiger partial charge in [0, 0.05) is 10.9 Å². The smallest absolute Gasteiger partial charge is 0.0865 e. The van der Waals surface area contributed by atoms with E-state index in [9.17, 15) is 0 Å².